The fourth-order valence-corrected chi connectivity index (χ4v) is 0.741. The first-order valence-corrected chi connectivity index (χ1v) is 2.73. The molecule has 0 bridgehead atoms. The lowest BCUT2D eigenvalue weighted by Crippen LogP contribution is -2.12. The van der Waals surface area contributed by atoms with Crippen LogP contribution in [-0.4, -0.2) is 17.0 Å². The molecule has 1 rings (SSSR count). The summed E-state index contributed by atoms with van der Waals surface area (Å²) in [4.78, 5) is 10.7. The van der Waals surface area contributed by atoms with Crippen LogP contribution in [0.15, 0.2) is 11.5 Å². The Morgan fingerprint density at radius 2 is 2.22 bits per heavy atom. The van der Waals surface area contributed by atoms with Gasteiger partial charge in [-0.2, -0.15) is 0 Å². The summed E-state index contributed by atoms with van der Waals surface area (Å²) in [6.45, 7) is 3.17. The van der Waals surface area contributed by atoms with Crippen LogP contribution in [0.25, 0.3) is 0 Å². The van der Waals surface area contributed by atoms with Gasteiger partial charge in [-0.15, -0.1) is 0 Å². The van der Waals surface area contributed by atoms with Gasteiger partial charge >= 0.3 is 0 Å². The van der Waals surface area contributed by atoms with E-state index in [1.165, 1.54) is 0 Å². The SMILES string of the molecule is [13CH3]C1=C(O)C(=O)C([13CH3])O1. The molecule has 0 aromatic rings. The van der Waals surface area contributed by atoms with E-state index in [0.29, 0.717) is 5.76 Å². The van der Waals surface area contributed by atoms with Crippen LogP contribution in [0.1, 0.15) is 13.8 Å². The predicted octanol–water partition coefficient (Wildman–Crippen LogP) is 0.764. The fraction of sp³-hybridized carbons (Fsp3) is 0.500. The molecule has 50 valence electrons. The molecule has 0 radical (unpaired) electrons. The van der Waals surface area contributed by atoms with Crippen molar-refractivity contribution in [3.63, 3.8) is 0 Å². The molecule has 0 fully saturated rings. The average Bonchev–Trinajstić information content (AvgIpc) is 1.98. The Balaban J connectivity index is 2.87. The molecule has 3 heteroatoms. The second kappa shape index (κ2) is 1.76. The molecule has 9 heavy (non-hydrogen) atoms. The Kier molecular flexibility index (Phi) is 1.20. The summed E-state index contributed by atoms with van der Waals surface area (Å²) >= 11 is 0. The zero-order chi connectivity index (χ0) is 7.02. The number of hydrogen-bond acceptors (Lipinski definition) is 3. The highest BCUT2D eigenvalue weighted by molar-refractivity contribution is 5.98. The molecule has 1 N–H and O–H groups in total. The molecule has 0 saturated heterocycles. The van der Waals surface area contributed by atoms with Crippen LogP contribution in [0.3, 0.4) is 0 Å². The number of hydrogen-bond donors (Lipinski definition) is 1. The second-order valence-electron chi connectivity index (χ2n) is 2.03. The Bertz CT molecular complexity index is 181. The van der Waals surface area contributed by atoms with Gasteiger partial charge in [0.25, 0.3) is 0 Å². The standard InChI is InChI=1S/C6H8O3/c1-3-5(7)6(8)4(2)9-3/h3,8H,1-2H3/i1+1,2+1. The highest BCUT2D eigenvalue weighted by atomic mass is 16.5. The Labute approximate surface area is 52.9 Å². The van der Waals surface area contributed by atoms with Crippen LogP contribution in [0, 0.1) is 0 Å². The Morgan fingerprint density at radius 1 is 1.67 bits per heavy atom. The minimum Gasteiger partial charge on any atom is -0.502 e. The molecule has 1 aliphatic heterocycles. The van der Waals surface area contributed by atoms with Gasteiger partial charge in [0, 0.05) is 0 Å². The van der Waals surface area contributed by atoms with Crippen LogP contribution < -0.4 is 0 Å². The largest absolute Gasteiger partial charge is 0.502 e. The first-order chi connectivity index (χ1) is 4.13. The third-order valence-corrected chi connectivity index (χ3v) is 1.29. The van der Waals surface area contributed by atoms with Crippen LogP contribution in [0.5, 0.6) is 0 Å². The van der Waals surface area contributed by atoms with E-state index in [2.05, 4.69) is 0 Å². The summed E-state index contributed by atoms with van der Waals surface area (Å²) in [5, 5.41) is 8.84. The predicted molar refractivity (Wildman–Crippen MR) is 30.9 cm³/mol. The molecular formula is C6H8O3. The number of ketones is 1. The van der Waals surface area contributed by atoms with Crippen LogP contribution in [0.2, 0.25) is 0 Å². The number of carbonyl (C=O) groups is 1. The van der Waals surface area contributed by atoms with E-state index >= 15 is 0 Å². The third-order valence-electron chi connectivity index (χ3n) is 1.29. The molecule has 0 amide bonds. The average molecular weight is 130 g/mol. The van der Waals surface area contributed by atoms with Crippen molar-refractivity contribution in [3.8, 4) is 0 Å². The molecular weight excluding hydrogens is 122 g/mol. The number of allylic oxidation sites excluding steroid dienone is 1. The van der Waals surface area contributed by atoms with Gasteiger partial charge in [-0.25, -0.2) is 0 Å². The molecule has 1 heterocycles. The van der Waals surface area contributed by atoms with Gasteiger partial charge in [0.05, 0.1) is 0 Å². The van der Waals surface area contributed by atoms with E-state index in [1.807, 2.05) is 0 Å². The first kappa shape index (κ1) is 6.13. The van der Waals surface area contributed by atoms with Crippen molar-refractivity contribution in [2.24, 2.45) is 0 Å². The summed E-state index contributed by atoms with van der Waals surface area (Å²) in [5.74, 6) is -0.234. The van der Waals surface area contributed by atoms with Gasteiger partial charge in [0.2, 0.25) is 11.5 Å². The zero-order valence-corrected chi connectivity index (χ0v) is 5.34. The number of aliphatic hydroxyl groups excluding tert-OH is 1. The minimum absolute atomic E-state index is 0.234. The topological polar surface area (TPSA) is 46.5 Å². The van der Waals surface area contributed by atoms with Crippen molar-refractivity contribution >= 4 is 5.78 Å². The highest BCUT2D eigenvalue weighted by Gasteiger charge is 2.28. The molecule has 0 spiro atoms. The first-order valence-electron chi connectivity index (χ1n) is 2.73. The summed E-state index contributed by atoms with van der Waals surface area (Å²) in [6, 6.07) is 0. The van der Waals surface area contributed by atoms with E-state index in [0.717, 1.165) is 0 Å². The van der Waals surface area contributed by atoms with Gasteiger partial charge < -0.3 is 9.84 Å². The molecule has 0 saturated carbocycles. The number of ether oxygens (including phenoxy) is 1. The quantitative estimate of drug-likeness (QED) is 0.492. The van der Waals surface area contributed by atoms with E-state index in [9.17, 15) is 4.79 Å². The lowest BCUT2D eigenvalue weighted by atomic mass is 10.3. The van der Waals surface area contributed by atoms with Gasteiger partial charge in [0.1, 0.15) is 5.76 Å². The maximum Gasteiger partial charge on any atom is 0.240 e. The molecule has 1 atom stereocenters. The van der Waals surface area contributed by atoms with Crippen molar-refractivity contribution < 1.29 is 14.6 Å². The lowest BCUT2D eigenvalue weighted by molar-refractivity contribution is -0.122. The van der Waals surface area contributed by atoms with E-state index in [4.69, 9.17) is 9.84 Å². The monoisotopic (exact) mass is 130 g/mol. The van der Waals surface area contributed by atoms with Crippen molar-refractivity contribution in [1.82, 2.24) is 0 Å². The number of aliphatic hydroxyl groups is 1. The van der Waals surface area contributed by atoms with Crippen molar-refractivity contribution in [2.75, 3.05) is 0 Å². The van der Waals surface area contributed by atoms with Crippen LogP contribution >= 0.6 is 0 Å². The van der Waals surface area contributed by atoms with Crippen molar-refractivity contribution in [2.45, 2.75) is 20.0 Å². The van der Waals surface area contributed by atoms with Gasteiger partial charge in [-0.3, -0.25) is 4.79 Å². The molecule has 0 aromatic heterocycles. The molecule has 1 aliphatic rings. The van der Waals surface area contributed by atoms with Crippen LogP contribution in [0.4, 0.5) is 0 Å². The number of Topliss-reactive ketones (excluding diaryl/α,β-unsaturated/α-hetero) is 1. The molecule has 3 nitrogen and oxygen atoms in total. The smallest absolute Gasteiger partial charge is 0.240 e. The Morgan fingerprint density at radius 3 is 2.33 bits per heavy atom. The van der Waals surface area contributed by atoms with Crippen molar-refractivity contribution in [1.29, 1.82) is 0 Å². The van der Waals surface area contributed by atoms with Crippen molar-refractivity contribution in [3.05, 3.63) is 11.5 Å². The minimum atomic E-state index is -0.495. The summed E-state index contributed by atoms with van der Waals surface area (Å²) in [5.41, 5.74) is 0. The Hall–Kier alpha value is -0.990. The van der Waals surface area contributed by atoms with Crippen LogP contribution in [-0.2, 0) is 9.53 Å². The normalized spacial score (nSPS) is 26.9. The number of rotatable bonds is 0. The fourth-order valence-electron chi connectivity index (χ4n) is 0.741. The summed E-state index contributed by atoms with van der Waals surface area (Å²) in [6.07, 6.45) is -0.495. The maximum absolute atomic E-state index is 10.7. The third kappa shape index (κ3) is 0.781. The molecule has 0 aliphatic carbocycles. The van der Waals surface area contributed by atoms with E-state index < -0.39 is 6.10 Å². The lowest BCUT2D eigenvalue weighted by Gasteiger charge is -1.99. The van der Waals surface area contributed by atoms with Gasteiger partial charge in [0.15, 0.2) is 6.10 Å². The second-order valence-corrected chi connectivity index (χ2v) is 2.03. The highest BCUT2D eigenvalue weighted by Crippen LogP contribution is 2.17. The zero-order valence-electron chi connectivity index (χ0n) is 5.34. The maximum atomic E-state index is 10.7. The number of carbonyl (C=O) groups excluding carboxylic acids is 1. The van der Waals surface area contributed by atoms with Gasteiger partial charge in [-0.05, 0) is 13.8 Å². The van der Waals surface area contributed by atoms with Gasteiger partial charge in [-0.1, -0.05) is 0 Å². The molecule has 0 aromatic carbocycles. The van der Waals surface area contributed by atoms with E-state index in [-0.39, 0.29) is 11.5 Å². The van der Waals surface area contributed by atoms with E-state index in [1.54, 1.807) is 13.8 Å². The summed E-state index contributed by atoms with van der Waals surface area (Å²) < 4.78 is 4.87. The summed E-state index contributed by atoms with van der Waals surface area (Å²) in [7, 11) is 0. The molecule has 1 unspecified atom stereocenters.